The average molecular weight is 244 g/mol. The molecular formula is C16H24N2. The first-order valence-corrected chi connectivity index (χ1v) is 7.04. The van der Waals surface area contributed by atoms with Crippen molar-refractivity contribution in [2.75, 3.05) is 26.2 Å². The third kappa shape index (κ3) is 2.45. The lowest BCUT2D eigenvalue weighted by Gasteiger charge is -2.54. The molecule has 0 aromatic heterocycles. The van der Waals surface area contributed by atoms with Crippen molar-refractivity contribution in [3.63, 3.8) is 0 Å². The second-order valence-electron chi connectivity index (χ2n) is 7.03. The van der Waals surface area contributed by atoms with Crippen molar-refractivity contribution in [1.82, 2.24) is 10.2 Å². The highest BCUT2D eigenvalue weighted by Gasteiger charge is 2.45. The van der Waals surface area contributed by atoms with Crippen molar-refractivity contribution >= 4 is 0 Å². The molecule has 1 aromatic rings. The van der Waals surface area contributed by atoms with Gasteiger partial charge >= 0.3 is 0 Å². The van der Waals surface area contributed by atoms with Crippen LogP contribution in [0.25, 0.3) is 0 Å². The standard InChI is InChI=1S/C16H24N2/c1-15-9-16(2,11-17-10-15)13-18(12-15)8-14-6-4-3-5-7-14/h3-7,17H,8-13H2,1-2H3/t15-,16-/m0/s1. The van der Waals surface area contributed by atoms with Gasteiger partial charge in [0.2, 0.25) is 0 Å². The number of rotatable bonds is 2. The molecule has 0 unspecified atom stereocenters. The summed E-state index contributed by atoms with van der Waals surface area (Å²) in [6, 6.07) is 10.9. The molecule has 0 amide bonds. The lowest BCUT2D eigenvalue weighted by atomic mass is 9.66. The van der Waals surface area contributed by atoms with Crippen LogP contribution < -0.4 is 5.32 Å². The molecule has 3 rings (SSSR count). The molecule has 2 atom stereocenters. The lowest BCUT2D eigenvalue weighted by molar-refractivity contribution is -0.0237. The molecule has 18 heavy (non-hydrogen) atoms. The maximum atomic E-state index is 3.63. The second-order valence-corrected chi connectivity index (χ2v) is 7.03. The zero-order valence-electron chi connectivity index (χ0n) is 11.6. The van der Waals surface area contributed by atoms with Gasteiger partial charge in [-0.05, 0) is 22.8 Å². The predicted octanol–water partition coefficient (Wildman–Crippen LogP) is 2.51. The summed E-state index contributed by atoms with van der Waals surface area (Å²) in [5.74, 6) is 0. The minimum absolute atomic E-state index is 0.458. The van der Waals surface area contributed by atoms with Crippen LogP contribution in [0.2, 0.25) is 0 Å². The summed E-state index contributed by atoms with van der Waals surface area (Å²) in [4.78, 5) is 2.65. The van der Waals surface area contributed by atoms with Gasteiger partial charge in [0.1, 0.15) is 0 Å². The van der Waals surface area contributed by atoms with Gasteiger partial charge in [0.25, 0.3) is 0 Å². The maximum Gasteiger partial charge on any atom is 0.0234 e. The number of nitrogens with one attached hydrogen (secondary N) is 1. The Kier molecular flexibility index (Phi) is 2.95. The van der Waals surface area contributed by atoms with Crippen LogP contribution in [0.1, 0.15) is 25.8 Å². The molecule has 2 aliphatic rings. The lowest BCUT2D eigenvalue weighted by Crippen LogP contribution is -2.60. The summed E-state index contributed by atoms with van der Waals surface area (Å²) in [5.41, 5.74) is 2.36. The van der Waals surface area contributed by atoms with Crippen LogP contribution in [0.4, 0.5) is 0 Å². The first kappa shape index (κ1) is 12.2. The second kappa shape index (κ2) is 4.36. The summed E-state index contributed by atoms with van der Waals surface area (Å²) >= 11 is 0. The Hall–Kier alpha value is -0.860. The number of hydrogen-bond donors (Lipinski definition) is 1. The Morgan fingerprint density at radius 3 is 2.28 bits per heavy atom. The molecular weight excluding hydrogens is 220 g/mol. The van der Waals surface area contributed by atoms with Crippen LogP contribution in [-0.4, -0.2) is 31.1 Å². The van der Waals surface area contributed by atoms with Gasteiger partial charge in [-0.3, -0.25) is 4.90 Å². The Morgan fingerprint density at radius 2 is 1.67 bits per heavy atom. The molecule has 1 N–H and O–H groups in total. The van der Waals surface area contributed by atoms with Gasteiger partial charge in [0.05, 0.1) is 0 Å². The van der Waals surface area contributed by atoms with Crippen molar-refractivity contribution in [1.29, 1.82) is 0 Å². The van der Waals surface area contributed by atoms with Gasteiger partial charge in [-0.25, -0.2) is 0 Å². The van der Waals surface area contributed by atoms with Crippen molar-refractivity contribution in [3.8, 4) is 0 Å². The zero-order valence-corrected chi connectivity index (χ0v) is 11.6. The molecule has 0 aliphatic carbocycles. The topological polar surface area (TPSA) is 15.3 Å². The summed E-state index contributed by atoms with van der Waals surface area (Å²) in [6.07, 6.45) is 1.37. The van der Waals surface area contributed by atoms with E-state index in [0.717, 1.165) is 6.54 Å². The fraction of sp³-hybridized carbons (Fsp3) is 0.625. The molecule has 0 spiro atoms. The number of likely N-dealkylation sites (tertiary alicyclic amines) is 1. The van der Waals surface area contributed by atoms with Gasteiger partial charge in [0.15, 0.2) is 0 Å². The number of nitrogens with zero attached hydrogens (tertiary/aromatic N) is 1. The molecule has 1 aromatic carbocycles. The van der Waals surface area contributed by atoms with Crippen LogP contribution in [-0.2, 0) is 6.54 Å². The smallest absolute Gasteiger partial charge is 0.0234 e. The maximum absolute atomic E-state index is 3.63. The highest BCUT2D eigenvalue weighted by molar-refractivity contribution is 5.15. The van der Waals surface area contributed by atoms with Crippen molar-refractivity contribution < 1.29 is 0 Å². The van der Waals surface area contributed by atoms with Crippen molar-refractivity contribution in [2.45, 2.75) is 26.8 Å². The van der Waals surface area contributed by atoms with Gasteiger partial charge in [-0.15, -0.1) is 0 Å². The molecule has 0 radical (unpaired) electrons. The highest BCUT2D eigenvalue weighted by atomic mass is 15.2. The molecule has 2 heteroatoms. The Bertz CT molecular complexity index is 398. The summed E-state index contributed by atoms with van der Waals surface area (Å²) in [5, 5.41) is 3.63. The highest BCUT2D eigenvalue weighted by Crippen LogP contribution is 2.42. The minimum atomic E-state index is 0.458. The molecule has 98 valence electrons. The Morgan fingerprint density at radius 1 is 1.06 bits per heavy atom. The number of benzene rings is 1. The number of fused-ring (bicyclic) bond motifs is 2. The largest absolute Gasteiger partial charge is 0.316 e. The number of piperidine rings is 2. The number of hydrogen-bond acceptors (Lipinski definition) is 2. The molecule has 2 heterocycles. The fourth-order valence-corrected chi connectivity index (χ4v) is 4.13. The van der Waals surface area contributed by atoms with E-state index < -0.39 is 0 Å². The normalized spacial score (nSPS) is 36.6. The van der Waals surface area contributed by atoms with E-state index in [9.17, 15) is 0 Å². The van der Waals surface area contributed by atoms with Gasteiger partial charge < -0.3 is 5.32 Å². The monoisotopic (exact) mass is 244 g/mol. The summed E-state index contributed by atoms with van der Waals surface area (Å²) < 4.78 is 0. The van der Waals surface area contributed by atoms with E-state index in [1.165, 1.54) is 38.2 Å². The van der Waals surface area contributed by atoms with E-state index in [4.69, 9.17) is 0 Å². The third-order valence-electron chi connectivity index (χ3n) is 4.42. The van der Waals surface area contributed by atoms with E-state index in [2.05, 4.69) is 54.4 Å². The van der Waals surface area contributed by atoms with E-state index in [-0.39, 0.29) is 0 Å². The molecule has 2 bridgehead atoms. The zero-order chi connectivity index (χ0) is 12.6. The predicted molar refractivity (Wildman–Crippen MR) is 75.4 cm³/mol. The average Bonchev–Trinajstić information content (AvgIpc) is 2.27. The fourth-order valence-electron chi connectivity index (χ4n) is 4.13. The molecule has 2 fully saturated rings. The van der Waals surface area contributed by atoms with Crippen LogP contribution in [0.3, 0.4) is 0 Å². The van der Waals surface area contributed by atoms with Crippen LogP contribution in [0, 0.1) is 10.8 Å². The van der Waals surface area contributed by atoms with Gasteiger partial charge in [-0.2, -0.15) is 0 Å². The summed E-state index contributed by atoms with van der Waals surface area (Å²) in [7, 11) is 0. The quantitative estimate of drug-likeness (QED) is 0.860. The first-order chi connectivity index (χ1) is 8.57. The van der Waals surface area contributed by atoms with Crippen LogP contribution in [0.5, 0.6) is 0 Å². The summed E-state index contributed by atoms with van der Waals surface area (Å²) in [6.45, 7) is 10.8. The molecule has 2 saturated heterocycles. The molecule has 2 aliphatic heterocycles. The third-order valence-corrected chi connectivity index (χ3v) is 4.42. The van der Waals surface area contributed by atoms with E-state index in [1.54, 1.807) is 0 Å². The van der Waals surface area contributed by atoms with Gasteiger partial charge in [0, 0.05) is 32.7 Å². The molecule has 2 nitrogen and oxygen atoms in total. The Balaban J connectivity index is 1.74. The van der Waals surface area contributed by atoms with Crippen molar-refractivity contribution in [3.05, 3.63) is 35.9 Å². The van der Waals surface area contributed by atoms with E-state index >= 15 is 0 Å². The van der Waals surface area contributed by atoms with E-state index in [0.29, 0.717) is 10.8 Å². The van der Waals surface area contributed by atoms with E-state index in [1.807, 2.05) is 0 Å². The van der Waals surface area contributed by atoms with Crippen LogP contribution in [0.15, 0.2) is 30.3 Å². The molecule has 0 saturated carbocycles. The van der Waals surface area contributed by atoms with Crippen LogP contribution >= 0.6 is 0 Å². The Labute approximate surface area is 110 Å². The first-order valence-electron chi connectivity index (χ1n) is 7.04. The SMILES string of the molecule is C[C@]12CNC[C@@](C)(CN(Cc3ccccc3)C1)C2. The minimum Gasteiger partial charge on any atom is -0.316 e. The van der Waals surface area contributed by atoms with Gasteiger partial charge in [-0.1, -0.05) is 44.2 Å². The van der Waals surface area contributed by atoms with Crippen molar-refractivity contribution in [2.24, 2.45) is 10.8 Å².